The van der Waals surface area contributed by atoms with E-state index in [0.717, 1.165) is 34.9 Å². The molecule has 0 rings (SSSR count). The predicted molar refractivity (Wildman–Crippen MR) is 112 cm³/mol. The Morgan fingerprint density at radius 1 is 0.571 bits per heavy atom. The van der Waals surface area contributed by atoms with Crippen molar-refractivity contribution in [3.05, 3.63) is 0 Å². The van der Waals surface area contributed by atoms with Gasteiger partial charge in [0.15, 0.2) is 0 Å². The molecule has 0 bridgehead atoms. The van der Waals surface area contributed by atoms with E-state index < -0.39 is 0 Å². The Morgan fingerprint density at radius 2 is 0.857 bits per heavy atom. The Balaban J connectivity index is -0.00000312. The molecule has 28 heavy (non-hydrogen) atoms. The second-order valence-corrected chi connectivity index (χ2v) is 6.91. The fourth-order valence-corrected chi connectivity index (χ4v) is 3.47. The van der Waals surface area contributed by atoms with E-state index in [9.17, 15) is 0 Å². The molecule has 0 fully saturated rings. The van der Waals surface area contributed by atoms with Crippen LogP contribution in [0.15, 0.2) is 10.3 Å². The summed E-state index contributed by atoms with van der Waals surface area (Å²) in [6.07, 6.45) is 5.14. The molecular weight excluding hydrogens is 582 g/mol. The topological polar surface area (TPSA) is 43.2 Å². The monoisotopic (exact) mass is 626 g/mol. The van der Waals surface area contributed by atoms with Gasteiger partial charge in [0.2, 0.25) is 0 Å². The van der Waals surface area contributed by atoms with E-state index in [4.69, 9.17) is 9.68 Å². The smallest absolute Gasteiger partial charge is 0.122 e. The fraction of sp³-hybridized carbons (Fsp3) is 0.900. The standard InChI is InChI=1S/C20H44N4O2.2HI/c1-7-23(8-2,9-3)17-13-19-25-21-15-16-22-26-20-14-18-24(10-4,11-5)12-6;;/h15-16H,7-14,17-20H2,1-6H3;2*1H/q+2;;/p-2/b21-15+,22-16+;;. The average molecular weight is 626 g/mol. The molecule has 0 heterocycles. The van der Waals surface area contributed by atoms with Crippen molar-refractivity contribution in [1.29, 1.82) is 0 Å². The number of hydrogen-bond donors (Lipinski definition) is 0. The van der Waals surface area contributed by atoms with E-state index in [1.807, 2.05) is 0 Å². The lowest BCUT2D eigenvalue weighted by molar-refractivity contribution is -0.923. The van der Waals surface area contributed by atoms with Crippen LogP contribution in [0.1, 0.15) is 54.4 Å². The first-order valence-electron chi connectivity index (χ1n) is 10.6. The van der Waals surface area contributed by atoms with Crippen molar-refractivity contribution in [2.45, 2.75) is 54.4 Å². The van der Waals surface area contributed by atoms with Crippen molar-refractivity contribution >= 4 is 12.4 Å². The zero-order valence-corrected chi connectivity index (χ0v) is 23.3. The van der Waals surface area contributed by atoms with Crippen LogP contribution in [-0.4, -0.2) is 87.0 Å². The summed E-state index contributed by atoms with van der Waals surface area (Å²) < 4.78 is 2.30. The van der Waals surface area contributed by atoms with Crippen molar-refractivity contribution in [3.8, 4) is 0 Å². The fourth-order valence-electron chi connectivity index (χ4n) is 3.47. The lowest BCUT2D eigenvalue weighted by Crippen LogP contribution is -3.00. The normalized spacial score (nSPS) is 12.1. The third-order valence-electron chi connectivity index (χ3n) is 6.10. The van der Waals surface area contributed by atoms with E-state index >= 15 is 0 Å². The zero-order valence-electron chi connectivity index (χ0n) is 19.0. The Hall–Kier alpha value is 0.320. The maximum Gasteiger partial charge on any atom is 0.122 e. The van der Waals surface area contributed by atoms with Gasteiger partial charge in [-0.1, -0.05) is 10.3 Å². The van der Waals surface area contributed by atoms with Crippen LogP contribution in [-0.2, 0) is 9.68 Å². The first kappa shape index (κ1) is 33.0. The molecule has 0 saturated heterocycles. The van der Waals surface area contributed by atoms with E-state index in [1.54, 1.807) is 12.4 Å². The van der Waals surface area contributed by atoms with Gasteiger partial charge >= 0.3 is 0 Å². The van der Waals surface area contributed by atoms with Gasteiger partial charge in [-0.05, 0) is 41.5 Å². The summed E-state index contributed by atoms with van der Waals surface area (Å²) in [5.41, 5.74) is 0. The van der Waals surface area contributed by atoms with Crippen LogP contribution >= 0.6 is 0 Å². The van der Waals surface area contributed by atoms with E-state index in [1.165, 1.54) is 39.3 Å². The highest BCUT2D eigenvalue weighted by molar-refractivity contribution is 6.15. The van der Waals surface area contributed by atoms with Crippen LogP contribution < -0.4 is 48.0 Å². The maximum atomic E-state index is 5.29. The van der Waals surface area contributed by atoms with Gasteiger partial charge < -0.3 is 66.6 Å². The van der Waals surface area contributed by atoms with Gasteiger partial charge in [-0.3, -0.25) is 0 Å². The largest absolute Gasteiger partial charge is 1.00 e. The molecule has 0 spiro atoms. The van der Waals surface area contributed by atoms with Crippen LogP contribution in [0.4, 0.5) is 0 Å². The van der Waals surface area contributed by atoms with E-state index in [-0.39, 0.29) is 48.0 Å². The molecule has 0 unspecified atom stereocenters. The van der Waals surface area contributed by atoms with E-state index in [2.05, 4.69) is 51.9 Å². The molecule has 0 saturated carbocycles. The quantitative estimate of drug-likeness (QED) is 0.0592. The van der Waals surface area contributed by atoms with Crippen LogP contribution in [0.2, 0.25) is 0 Å². The second-order valence-electron chi connectivity index (χ2n) is 6.91. The van der Waals surface area contributed by atoms with Gasteiger partial charge in [-0.25, -0.2) is 0 Å². The molecule has 0 atom stereocenters. The second kappa shape index (κ2) is 20.6. The number of oxime groups is 2. The van der Waals surface area contributed by atoms with Crippen molar-refractivity contribution in [1.82, 2.24) is 0 Å². The van der Waals surface area contributed by atoms with Crippen molar-refractivity contribution in [2.75, 3.05) is 65.6 Å². The van der Waals surface area contributed by atoms with Gasteiger partial charge in [0.05, 0.1) is 64.8 Å². The Kier molecular flexibility index (Phi) is 24.2. The molecular formula is C20H44I2N4O2. The van der Waals surface area contributed by atoms with Gasteiger partial charge in [0, 0.05) is 12.8 Å². The summed E-state index contributed by atoms with van der Waals surface area (Å²) in [6.45, 7) is 24.2. The number of hydrogen-bond acceptors (Lipinski definition) is 4. The first-order valence-corrected chi connectivity index (χ1v) is 10.6. The van der Waals surface area contributed by atoms with Gasteiger partial charge in [0.1, 0.15) is 13.2 Å². The molecule has 6 nitrogen and oxygen atoms in total. The third-order valence-corrected chi connectivity index (χ3v) is 6.10. The summed E-state index contributed by atoms with van der Waals surface area (Å²) in [7, 11) is 0. The third kappa shape index (κ3) is 13.5. The summed E-state index contributed by atoms with van der Waals surface area (Å²) in [5, 5.41) is 7.80. The van der Waals surface area contributed by atoms with Crippen LogP contribution in [0.3, 0.4) is 0 Å². The predicted octanol–water partition coefficient (Wildman–Crippen LogP) is -2.47. The van der Waals surface area contributed by atoms with Crippen LogP contribution in [0.5, 0.6) is 0 Å². The lowest BCUT2D eigenvalue weighted by Gasteiger charge is -2.35. The SMILES string of the molecule is CC[N+](CC)(CC)CCCO/N=C/C=N/OCCC[N+](CC)(CC)CC.[I-].[I-]. The average Bonchev–Trinajstić information content (AvgIpc) is 2.69. The van der Waals surface area contributed by atoms with Gasteiger partial charge in [-0.2, -0.15) is 0 Å². The van der Waals surface area contributed by atoms with Crippen molar-refractivity contribution in [3.63, 3.8) is 0 Å². The molecule has 0 amide bonds. The zero-order chi connectivity index (χ0) is 19.7. The molecule has 0 aliphatic carbocycles. The lowest BCUT2D eigenvalue weighted by atomic mass is 10.3. The number of quaternary nitrogens is 2. The highest BCUT2D eigenvalue weighted by Crippen LogP contribution is 2.08. The van der Waals surface area contributed by atoms with Crippen LogP contribution in [0, 0.1) is 0 Å². The number of nitrogens with zero attached hydrogens (tertiary/aromatic N) is 4. The Bertz CT molecular complexity index is 336. The molecule has 0 aromatic carbocycles. The molecule has 0 aliphatic rings. The minimum atomic E-state index is 0. The first-order chi connectivity index (χ1) is 12.6. The summed E-state index contributed by atoms with van der Waals surface area (Å²) in [5.74, 6) is 0. The summed E-state index contributed by atoms with van der Waals surface area (Å²) in [4.78, 5) is 10.6. The summed E-state index contributed by atoms with van der Waals surface area (Å²) in [6, 6.07) is 0. The highest BCUT2D eigenvalue weighted by atomic mass is 127. The molecule has 0 aromatic rings. The molecule has 170 valence electrons. The molecule has 0 radical (unpaired) electrons. The molecule has 0 N–H and O–H groups in total. The maximum absolute atomic E-state index is 5.29. The minimum absolute atomic E-state index is 0. The van der Waals surface area contributed by atoms with Crippen molar-refractivity contribution < 1.29 is 66.6 Å². The van der Waals surface area contributed by atoms with Gasteiger partial charge in [-0.15, -0.1) is 0 Å². The van der Waals surface area contributed by atoms with Crippen molar-refractivity contribution in [2.24, 2.45) is 10.3 Å². The van der Waals surface area contributed by atoms with Crippen LogP contribution in [0.25, 0.3) is 0 Å². The Labute approximate surface area is 208 Å². The minimum Gasteiger partial charge on any atom is -1.00 e. The summed E-state index contributed by atoms with van der Waals surface area (Å²) >= 11 is 0. The number of halogens is 2. The van der Waals surface area contributed by atoms with Gasteiger partial charge in [0.25, 0.3) is 0 Å². The Morgan fingerprint density at radius 3 is 1.11 bits per heavy atom. The molecule has 0 aliphatic heterocycles. The highest BCUT2D eigenvalue weighted by Gasteiger charge is 2.20. The number of rotatable bonds is 17. The molecule has 0 aromatic heterocycles. The molecule has 8 heteroatoms. The van der Waals surface area contributed by atoms with E-state index in [0.29, 0.717) is 13.2 Å².